The summed E-state index contributed by atoms with van der Waals surface area (Å²) in [4.78, 5) is 10.2. The number of benzene rings is 2. The molecule has 0 aromatic heterocycles. The number of rotatable bonds is 6. The van der Waals surface area contributed by atoms with Gasteiger partial charge in [-0.2, -0.15) is 0 Å². The number of nitro groups is 1. The van der Waals surface area contributed by atoms with Crippen molar-refractivity contribution in [2.45, 2.75) is 11.8 Å². The van der Waals surface area contributed by atoms with Crippen LogP contribution in [0.4, 0.5) is 11.4 Å². The molecular formula is C15H15ClN2O6S. The molecule has 2 aromatic rings. The van der Waals surface area contributed by atoms with Crippen LogP contribution < -0.4 is 14.2 Å². The fourth-order valence-corrected chi connectivity index (χ4v) is 3.66. The maximum Gasteiger partial charge on any atom is 0.289 e. The van der Waals surface area contributed by atoms with Crippen molar-refractivity contribution in [1.82, 2.24) is 0 Å². The fraction of sp³-hybridized carbons (Fsp3) is 0.200. The Kier molecular flexibility index (Phi) is 5.39. The first-order chi connectivity index (χ1) is 11.7. The highest BCUT2D eigenvalue weighted by Gasteiger charge is 2.22. The fourth-order valence-electron chi connectivity index (χ4n) is 2.18. The number of nitrogens with one attached hydrogen (secondary N) is 1. The van der Waals surface area contributed by atoms with Gasteiger partial charge in [-0.25, -0.2) is 8.42 Å². The van der Waals surface area contributed by atoms with Crippen LogP contribution in [-0.2, 0) is 10.0 Å². The SMILES string of the molecule is COc1cc(C)c(S(=O)(=O)Nc2ccc(Cl)c([N+](=O)[O-])c2)cc1OC. The number of sulfonamides is 1. The van der Waals surface area contributed by atoms with Crippen LogP contribution in [0.25, 0.3) is 0 Å². The molecule has 0 heterocycles. The molecule has 134 valence electrons. The zero-order valence-corrected chi connectivity index (χ0v) is 15.1. The van der Waals surface area contributed by atoms with Crippen LogP contribution in [0.2, 0.25) is 5.02 Å². The van der Waals surface area contributed by atoms with Crippen molar-refractivity contribution in [2.24, 2.45) is 0 Å². The number of anilines is 1. The van der Waals surface area contributed by atoms with Gasteiger partial charge in [-0.05, 0) is 30.7 Å². The molecule has 2 aromatic carbocycles. The van der Waals surface area contributed by atoms with Crippen LogP contribution >= 0.6 is 11.6 Å². The smallest absolute Gasteiger partial charge is 0.289 e. The van der Waals surface area contributed by atoms with Crippen molar-refractivity contribution in [1.29, 1.82) is 0 Å². The molecule has 0 saturated heterocycles. The van der Waals surface area contributed by atoms with Gasteiger partial charge in [0.2, 0.25) is 0 Å². The van der Waals surface area contributed by atoms with Crippen LogP contribution in [0, 0.1) is 17.0 Å². The van der Waals surface area contributed by atoms with Crippen molar-refractivity contribution < 1.29 is 22.8 Å². The van der Waals surface area contributed by atoms with E-state index in [2.05, 4.69) is 4.72 Å². The predicted molar refractivity (Wildman–Crippen MR) is 93.2 cm³/mol. The minimum atomic E-state index is -4.01. The average Bonchev–Trinajstić information content (AvgIpc) is 2.55. The third-order valence-corrected chi connectivity index (χ3v) is 5.21. The van der Waals surface area contributed by atoms with E-state index in [0.717, 1.165) is 6.07 Å². The highest BCUT2D eigenvalue weighted by molar-refractivity contribution is 7.92. The zero-order chi connectivity index (χ0) is 18.8. The lowest BCUT2D eigenvalue weighted by atomic mass is 10.2. The lowest BCUT2D eigenvalue weighted by molar-refractivity contribution is -0.384. The number of hydrogen-bond donors (Lipinski definition) is 1. The highest BCUT2D eigenvalue weighted by Crippen LogP contribution is 2.34. The summed E-state index contributed by atoms with van der Waals surface area (Å²) in [6.07, 6.45) is 0. The Bertz CT molecular complexity index is 930. The van der Waals surface area contributed by atoms with Crippen molar-refractivity contribution >= 4 is 33.0 Å². The van der Waals surface area contributed by atoms with Crippen LogP contribution in [-0.4, -0.2) is 27.6 Å². The van der Waals surface area contributed by atoms with E-state index in [1.54, 1.807) is 6.92 Å². The molecule has 0 aliphatic carbocycles. The summed E-state index contributed by atoms with van der Waals surface area (Å²) in [6.45, 7) is 1.60. The van der Waals surface area contributed by atoms with E-state index in [9.17, 15) is 18.5 Å². The number of halogens is 1. The Balaban J connectivity index is 2.47. The molecule has 1 N–H and O–H groups in total. The van der Waals surface area contributed by atoms with Gasteiger partial charge in [0.25, 0.3) is 15.7 Å². The Morgan fingerprint density at radius 1 is 1.12 bits per heavy atom. The van der Waals surface area contributed by atoms with Gasteiger partial charge in [0.1, 0.15) is 5.02 Å². The maximum absolute atomic E-state index is 12.6. The lowest BCUT2D eigenvalue weighted by Gasteiger charge is -2.14. The first kappa shape index (κ1) is 18.8. The maximum atomic E-state index is 12.6. The molecule has 25 heavy (non-hydrogen) atoms. The second-order valence-corrected chi connectivity index (χ2v) is 7.06. The number of hydrogen-bond acceptors (Lipinski definition) is 6. The summed E-state index contributed by atoms with van der Waals surface area (Å²) < 4.78 is 37.8. The van der Waals surface area contributed by atoms with Crippen LogP contribution in [0.1, 0.15) is 5.56 Å². The van der Waals surface area contributed by atoms with Gasteiger partial charge in [0.05, 0.1) is 29.7 Å². The molecule has 10 heteroatoms. The Labute approximate surface area is 149 Å². The normalized spacial score (nSPS) is 11.0. The molecular weight excluding hydrogens is 372 g/mol. The first-order valence-corrected chi connectivity index (χ1v) is 8.75. The number of nitrogens with zero attached hydrogens (tertiary/aromatic N) is 1. The third-order valence-electron chi connectivity index (χ3n) is 3.37. The minimum Gasteiger partial charge on any atom is -0.493 e. The molecule has 0 saturated carbocycles. The van der Waals surface area contributed by atoms with Crippen molar-refractivity contribution in [3.05, 3.63) is 51.0 Å². The van der Waals surface area contributed by atoms with Gasteiger partial charge in [0, 0.05) is 12.1 Å². The standard InChI is InChI=1S/C15H15ClN2O6S/c1-9-6-13(23-2)14(24-3)8-15(9)25(21,22)17-10-4-5-11(16)12(7-10)18(19)20/h4-8,17H,1-3H3. The van der Waals surface area contributed by atoms with Crippen molar-refractivity contribution in [3.63, 3.8) is 0 Å². The molecule has 0 aliphatic rings. The number of ether oxygens (including phenoxy) is 2. The monoisotopic (exact) mass is 386 g/mol. The van der Waals surface area contributed by atoms with Gasteiger partial charge in [0.15, 0.2) is 11.5 Å². The largest absolute Gasteiger partial charge is 0.493 e. The molecule has 0 amide bonds. The number of methoxy groups -OCH3 is 2. The highest BCUT2D eigenvalue weighted by atomic mass is 35.5. The van der Waals surface area contributed by atoms with Gasteiger partial charge in [-0.1, -0.05) is 11.6 Å². The van der Waals surface area contributed by atoms with E-state index < -0.39 is 20.6 Å². The number of aryl methyl sites for hydroxylation is 1. The van der Waals surface area contributed by atoms with Gasteiger partial charge < -0.3 is 9.47 Å². The number of nitro benzene ring substituents is 1. The summed E-state index contributed by atoms with van der Waals surface area (Å²) in [5.74, 6) is 0.636. The van der Waals surface area contributed by atoms with E-state index in [1.807, 2.05) is 0 Å². The van der Waals surface area contributed by atoms with E-state index >= 15 is 0 Å². The molecule has 2 rings (SSSR count). The molecule has 0 atom stereocenters. The Morgan fingerprint density at radius 2 is 1.72 bits per heavy atom. The third kappa shape index (κ3) is 3.94. The zero-order valence-electron chi connectivity index (χ0n) is 13.6. The molecule has 0 fully saturated rings. The van der Waals surface area contributed by atoms with E-state index in [4.69, 9.17) is 21.1 Å². The van der Waals surface area contributed by atoms with Gasteiger partial charge >= 0.3 is 0 Å². The quantitative estimate of drug-likeness (QED) is 0.602. The summed E-state index contributed by atoms with van der Waals surface area (Å²) in [7, 11) is -1.18. The lowest BCUT2D eigenvalue weighted by Crippen LogP contribution is -2.15. The average molecular weight is 387 g/mol. The second kappa shape index (κ2) is 7.16. The molecule has 0 bridgehead atoms. The molecule has 0 radical (unpaired) electrons. The molecule has 0 aliphatic heterocycles. The summed E-state index contributed by atoms with van der Waals surface area (Å²) >= 11 is 5.73. The predicted octanol–water partition coefficient (Wildman–Crippen LogP) is 3.37. The van der Waals surface area contributed by atoms with Gasteiger partial charge in [-0.15, -0.1) is 0 Å². The molecule has 0 spiro atoms. The molecule has 0 unspecified atom stereocenters. The Hall–Kier alpha value is -2.52. The van der Waals surface area contributed by atoms with E-state index in [1.165, 1.54) is 38.5 Å². The first-order valence-electron chi connectivity index (χ1n) is 6.89. The van der Waals surface area contributed by atoms with Crippen LogP contribution in [0.5, 0.6) is 11.5 Å². The van der Waals surface area contributed by atoms with Crippen LogP contribution in [0.15, 0.2) is 35.2 Å². The Morgan fingerprint density at radius 3 is 2.28 bits per heavy atom. The second-order valence-electron chi connectivity index (χ2n) is 5.00. The molecule has 8 nitrogen and oxygen atoms in total. The van der Waals surface area contributed by atoms with E-state index in [0.29, 0.717) is 11.3 Å². The summed E-state index contributed by atoms with van der Waals surface area (Å²) in [6, 6.07) is 6.48. The minimum absolute atomic E-state index is 0.0188. The van der Waals surface area contributed by atoms with Crippen molar-refractivity contribution in [2.75, 3.05) is 18.9 Å². The van der Waals surface area contributed by atoms with Crippen molar-refractivity contribution in [3.8, 4) is 11.5 Å². The topological polar surface area (TPSA) is 108 Å². The summed E-state index contributed by atoms with van der Waals surface area (Å²) in [5, 5.41) is 10.8. The summed E-state index contributed by atoms with van der Waals surface area (Å²) in [5.41, 5.74) is 0.0461. The van der Waals surface area contributed by atoms with E-state index in [-0.39, 0.29) is 21.4 Å². The van der Waals surface area contributed by atoms with Gasteiger partial charge in [-0.3, -0.25) is 14.8 Å². The van der Waals surface area contributed by atoms with Crippen LogP contribution in [0.3, 0.4) is 0 Å².